The fourth-order valence-electron chi connectivity index (χ4n) is 2.99. The molecule has 0 unspecified atom stereocenters. The quantitative estimate of drug-likeness (QED) is 0.402. The smallest absolute Gasteiger partial charge is 0.266 e. The number of halogens is 1. The van der Waals surface area contributed by atoms with Crippen molar-refractivity contribution in [3.8, 4) is 0 Å². The molecule has 2 aromatic rings. The summed E-state index contributed by atoms with van der Waals surface area (Å²) in [5.41, 5.74) is 2.02. The highest BCUT2D eigenvalue weighted by molar-refractivity contribution is 9.10. The van der Waals surface area contributed by atoms with E-state index in [2.05, 4.69) is 15.9 Å². The Bertz CT molecular complexity index is 947. The van der Waals surface area contributed by atoms with Crippen molar-refractivity contribution in [3.63, 3.8) is 0 Å². The van der Waals surface area contributed by atoms with Gasteiger partial charge in [-0.2, -0.15) is 0 Å². The maximum atomic E-state index is 12.8. The molecule has 4 nitrogen and oxygen atoms in total. The SMILES string of the molecule is CCN(Cc1ccccc1)C(=O)CCN1C(=O)C(=Cc2cccc(Br)c2)SC1=S. The van der Waals surface area contributed by atoms with Crippen LogP contribution in [-0.2, 0) is 16.1 Å². The molecule has 0 aromatic heterocycles. The molecule has 1 aliphatic heterocycles. The second-order valence-corrected chi connectivity index (χ2v) is 9.12. The highest BCUT2D eigenvalue weighted by Gasteiger charge is 2.32. The van der Waals surface area contributed by atoms with Crippen molar-refractivity contribution in [3.05, 3.63) is 75.1 Å². The second-order valence-electron chi connectivity index (χ2n) is 6.53. The van der Waals surface area contributed by atoms with Crippen LogP contribution in [0, 0.1) is 0 Å². The molecule has 2 amide bonds. The van der Waals surface area contributed by atoms with Crippen LogP contribution in [0.3, 0.4) is 0 Å². The predicted molar refractivity (Wildman–Crippen MR) is 126 cm³/mol. The average molecular weight is 489 g/mol. The molecule has 1 aliphatic rings. The van der Waals surface area contributed by atoms with Crippen LogP contribution in [0.4, 0.5) is 0 Å². The summed E-state index contributed by atoms with van der Waals surface area (Å²) < 4.78 is 1.44. The van der Waals surface area contributed by atoms with Gasteiger partial charge in [0.15, 0.2) is 0 Å². The van der Waals surface area contributed by atoms with E-state index in [1.54, 1.807) is 4.90 Å². The Kier molecular flexibility index (Phi) is 7.64. The van der Waals surface area contributed by atoms with Crippen molar-refractivity contribution in [1.82, 2.24) is 9.80 Å². The standard InChI is InChI=1S/C22H21BrN2O2S2/c1-2-24(15-16-7-4-3-5-8-16)20(26)11-12-25-21(27)19(29-22(25)28)14-17-9-6-10-18(23)13-17/h3-10,13-14H,2,11-12,15H2,1H3. The first-order valence-corrected chi connectivity index (χ1v) is 11.3. The van der Waals surface area contributed by atoms with E-state index in [1.165, 1.54) is 16.7 Å². The van der Waals surface area contributed by atoms with Crippen LogP contribution in [0.15, 0.2) is 64.0 Å². The molecule has 3 rings (SSSR count). The number of amides is 2. The number of thiocarbonyl (C=S) groups is 1. The molecule has 0 spiro atoms. The van der Waals surface area contributed by atoms with E-state index in [0.717, 1.165) is 15.6 Å². The molecule has 1 saturated heterocycles. The van der Waals surface area contributed by atoms with Crippen molar-refractivity contribution in [1.29, 1.82) is 0 Å². The van der Waals surface area contributed by atoms with E-state index >= 15 is 0 Å². The summed E-state index contributed by atoms with van der Waals surface area (Å²) in [5.74, 6) is -0.125. The van der Waals surface area contributed by atoms with Crippen LogP contribution >= 0.6 is 39.9 Å². The molecule has 0 saturated carbocycles. The summed E-state index contributed by atoms with van der Waals surface area (Å²) >= 11 is 10.1. The van der Waals surface area contributed by atoms with Crippen LogP contribution in [-0.4, -0.2) is 39.0 Å². The van der Waals surface area contributed by atoms with Crippen molar-refractivity contribution in [2.24, 2.45) is 0 Å². The third-order valence-corrected chi connectivity index (χ3v) is 6.39. The fraction of sp³-hybridized carbons (Fsp3) is 0.227. The summed E-state index contributed by atoms with van der Waals surface area (Å²) in [4.78, 5) is 29.3. The molecular formula is C22H21BrN2O2S2. The lowest BCUT2D eigenvalue weighted by atomic mass is 10.2. The summed E-state index contributed by atoms with van der Waals surface area (Å²) in [7, 11) is 0. The molecule has 29 heavy (non-hydrogen) atoms. The van der Waals surface area contributed by atoms with E-state index in [4.69, 9.17) is 12.2 Å². The van der Waals surface area contributed by atoms with Crippen LogP contribution < -0.4 is 0 Å². The lowest BCUT2D eigenvalue weighted by Gasteiger charge is -2.22. The Balaban J connectivity index is 1.61. The largest absolute Gasteiger partial charge is 0.339 e. The first-order valence-electron chi connectivity index (χ1n) is 9.30. The highest BCUT2D eigenvalue weighted by Crippen LogP contribution is 2.33. The van der Waals surface area contributed by atoms with Crippen LogP contribution in [0.2, 0.25) is 0 Å². The highest BCUT2D eigenvalue weighted by atomic mass is 79.9. The zero-order valence-electron chi connectivity index (χ0n) is 16.0. The number of benzene rings is 2. The van der Waals surface area contributed by atoms with E-state index in [9.17, 15) is 9.59 Å². The van der Waals surface area contributed by atoms with Crippen molar-refractivity contribution in [2.45, 2.75) is 19.9 Å². The lowest BCUT2D eigenvalue weighted by molar-refractivity contribution is -0.132. The number of hydrogen-bond donors (Lipinski definition) is 0. The Morgan fingerprint density at radius 3 is 2.66 bits per heavy atom. The maximum Gasteiger partial charge on any atom is 0.266 e. The number of carbonyl (C=O) groups excluding carboxylic acids is 2. The third-order valence-electron chi connectivity index (χ3n) is 4.52. The molecule has 0 aliphatic carbocycles. The number of nitrogens with zero attached hydrogens (tertiary/aromatic N) is 2. The molecule has 2 aromatic carbocycles. The third kappa shape index (κ3) is 5.78. The Hall–Kier alpha value is -1.96. The van der Waals surface area contributed by atoms with Gasteiger partial charge in [-0.05, 0) is 36.3 Å². The van der Waals surface area contributed by atoms with Crippen molar-refractivity contribution < 1.29 is 9.59 Å². The van der Waals surface area contributed by atoms with Gasteiger partial charge in [-0.3, -0.25) is 14.5 Å². The van der Waals surface area contributed by atoms with Crippen molar-refractivity contribution >= 4 is 62.1 Å². The fourth-order valence-corrected chi connectivity index (χ4v) is 4.71. The van der Waals surface area contributed by atoms with Gasteiger partial charge in [0.25, 0.3) is 5.91 Å². The average Bonchev–Trinajstić information content (AvgIpc) is 2.97. The minimum Gasteiger partial charge on any atom is -0.339 e. The van der Waals surface area contributed by atoms with Gasteiger partial charge in [0, 0.05) is 30.5 Å². The van der Waals surface area contributed by atoms with Crippen LogP contribution in [0.25, 0.3) is 6.08 Å². The van der Waals surface area contributed by atoms with E-state index < -0.39 is 0 Å². The molecule has 0 N–H and O–H groups in total. The molecule has 150 valence electrons. The summed E-state index contributed by atoms with van der Waals surface area (Å²) in [6, 6.07) is 17.6. The topological polar surface area (TPSA) is 40.6 Å². The van der Waals surface area contributed by atoms with Gasteiger partial charge >= 0.3 is 0 Å². The van der Waals surface area contributed by atoms with Gasteiger partial charge in [0.1, 0.15) is 4.32 Å². The molecule has 0 bridgehead atoms. The normalized spacial score (nSPS) is 15.2. The minimum absolute atomic E-state index is 0.0152. The van der Waals surface area contributed by atoms with Gasteiger partial charge < -0.3 is 4.90 Å². The van der Waals surface area contributed by atoms with E-state index in [1.807, 2.05) is 67.6 Å². The summed E-state index contributed by atoms with van der Waals surface area (Å²) in [5, 5.41) is 0. The van der Waals surface area contributed by atoms with Crippen molar-refractivity contribution in [2.75, 3.05) is 13.1 Å². The molecule has 1 heterocycles. The second kappa shape index (κ2) is 10.2. The number of rotatable bonds is 7. The number of thioether (sulfide) groups is 1. The van der Waals surface area contributed by atoms with Crippen LogP contribution in [0.1, 0.15) is 24.5 Å². The molecule has 0 radical (unpaired) electrons. The molecule has 0 atom stereocenters. The zero-order valence-corrected chi connectivity index (χ0v) is 19.2. The number of hydrogen-bond acceptors (Lipinski definition) is 4. The summed E-state index contributed by atoms with van der Waals surface area (Å²) in [6.45, 7) is 3.44. The molecule has 7 heteroatoms. The van der Waals surface area contributed by atoms with Crippen LogP contribution in [0.5, 0.6) is 0 Å². The minimum atomic E-state index is -0.140. The zero-order chi connectivity index (χ0) is 20.8. The predicted octanol–water partition coefficient (Wildman–Crippen LogP) is 5.09. The first kappa shape index (κ1) is 21.7. The monoisotopic (exact) mass is 488 g/mol. The molecule has 1 fully saturated rings. The van der Waals surface area contributed by atoms with Gasteiger partial charge in [0.2, 0.25) is 5.91 Å². The van der Waals surface area contributed by atoms with E-state index in [-0.39, 0.29) is 18.2 Å². The Morgan fingerprint density at radius 1 is 1.21 bits per heavy atom. The first-order chi connectivity index (χ1) is 14.0. The van der Waals surface area contributed by atoms with Gasteiger partial charge in [-0.1, -0.05) is 82.4 Å². The van der Waals surface area contributed by atoms with Gasteiger partial charge in [-0.15, -0.1) is 0 Å². The Labute approximate surface area is 189 Å². The maximum absolute atomic E-state index is 12.8. The molecular weight excluding hydrogens is 468 g/mol. The van der Waals surface area contributed by atoms with E-state index in [0.29, 0.717) is 28.9 Å². The van der Waals surface area contributed by atoms with Gasteiger partial charge in [0.05, 0.1) is 4.91 Å². The number of carbonyl (C=O) groups is 2. The lowest BCUT2D eigenvalue weighted by Crippen LogP contribution is -2.35. The Morgan fingerprint density at radius 2 is 1.97 bits per heavy atom. The summed E-state index contributed by atoms with van der Waals surface area (Å²) in [6.07, 6.45) is 2.08. The van der Waals surface area contributed by atoms with Gasteiger partial charge in [-0.25, -0.2) is 0 Å².